The number of hydrogen-bond acceptors (Lipinski definition) is 2. The lowest BCUT2D eigenvalue weighted by atomic mass is 10.0. The zero-order valence-corrected chi connectivity index (χ0v) is 9.67. The molecule has 0 spiro atoms. The van der Waals surface area contributed by atoms with Crippen LogP contribution < -0.4 is 5.32 Å². The second kappa shape index (κ2) is 4.97. The molecule has 2 aliphatic rings. The molecule has 1 amide bonds. The van der Waals surface area contributed by atoms with Gasteiger partial charge in [-0.25, -0.2) is 0 Å². The molecular formula is C12H22N2O. The van der Waals surface area contributed by atoms with E-state index in [0.29, 0.717) is 17.9 Å². The van der Waals surface area contributed by atoms with Crippen LogP contribution in [0.25, 0.3) is 0 Å². The summed E-state index contributed by atoms with van der Waals surface area (Å²) >= 11 is 0. The maximum absolute atomic E-state index is 12.2. The smallest absolute Gasteiger partial charge is 0.225 e. The highest BCUT2D eigenvalue weighted by molar-refractivity contribution is 5.79. The zero-order chi connectivity index (χ0) is 10.7. The van der Waals surface area contributed by atoms with Gasteiger partial charge >= 0.3 is 0 Å². The minimum absolute atomic E-state index is 0.338. The standard InChI is InChI=1S/C12H22N2O/c1-14(11-6-8-13-9-7-11)12(15)10-4-2-3-5-10/h10-11,13H,2-9H2,1H3. The fourth-order valence-electron chi connectivity index (χ4n) is 2.83. The molecule has 1 aliphatic heterocycles. The van der Waals surface area contributed by atoms with Gasteiger partial charge in [-0.15, -0.1) is 0 Å². The molecule has 0 atom stereocenters. The lowest BCUT2D eigenvalue weighted by Gasteiger charge is -2.33. The SMILES string of the molecule is CN(C(=O)C1CCCC1)C1CCNCC1. The summed E-state index contributed by atoms with van der Waals surface area (Å²) in [5.41, 5.74) is 0. The van der Waals surface area contributed by atoms with E-state index < -0.39 is 0 Å². The van der Waals surface area contributed by atoms with Gasteiger partial charge in [-0.1, -0.05) is 12.8 Å². The molecule has 0 unspecified atom stereocenters. The van der Waals surface area contributed by atoms with Crippen LogP contribution in [0.4, 0.5) is 0 Å². The van der Waals surface area contributed by atoms with Crippen LogP contribution in [0.2, 0.25) is 0 Å². The molecule has 2 rings (SSSR count). The maximum Gasteiger partial charge on any atom is 0.225 e. The molecule has 1 aliphatic carbocycles. The van der Waals surface area contributed by atoms with E-state index in [0.717, 1.165) is 38.8 Å². The van der Waals surface area contributed by atoms with Crippen LogP contribution in [0.1, 0.15) is 38.5 Å². The third-order valence-corrected chi connectivity index (χ3v) is 3.91. The van der Waals surface area contributed by atoms with Gasteiger partial charge in [0.05, 0.1) is 0 Å². The Hall–Kier alpha value is -0.570. The molecule has 2 fully saturated rings. The Bertz CT molecular complexity index is 218. The van der Waals surface area contributed by atoms with Crippen molar-refractivity contribution in [3.63, 3.8) is 0 Å². The summed E-state index contributed by atoms with van der Waals surface area (Å²) in [6.07, 6.45) is 6.97. The van der Waals surface area contributed by atoms with Gasteiger partial charge in [0.2, 0.25) is 5.91 Å². The summed E-state index contributed by atoms with van der Waals surface area (Å²) < 4.78 is 0. The average Bonchev–Trinajstić information content (AvgIpc) is 2.82. The van der Waals surface area contributed by atoms with Crippen molar-refractivity contribution in [2.24, 2.45) is 5.92 Å². The maximum atomic E-state index is 12.2. The van der Waals surface area contributed by atoms with Gasteiger partial charge in [0.1, 0.15) is 0 Å². The van der Waals surface area contributed by atoms with Crippen LogP contribution in [0.5, 0.6) is 0 Å². The molecule has 1 saturated carbocycles. The largest absolute Gasteiger partial charge is 0.342 e. The van der Waals surface area contributed by atoms with Crippen LogP contribution in [0.15, 0.2) is 0 Å². The monoisotopic (exact) mass is 210 g/mol. The second-order valence-corrected chi connectivity index (χ2v) is 4.91. The van der Waals surface area contributed by atoms with Crippen molar-refractivity contribution in [1.29, 1.82) is 0 Å². The molecule has 0 aromatic rings. The molecule has 3 heteroatoms. The van der Waals surface area contributed by atoms with E-state index in [1.807, 2.05) is 11.9 Å². The Morgan fingerprint density at radius 1 is 1.13 bits per heavy atom. The molecular weight excluding hydrogens is 188 g/mol. The Balaban J connectivity index is 1.87. The van der Waals surface area contributed by atoms with Crippen molar-refractivity contribution in [2.75, 3.05) is 20.1 Å². The van der Waals surface area contributed by atoms with Crippen LogP contribution in [-0.2, 0) is 4.79 Å². The Morgan fingerprint density at radius 3 is 2.33 bits per heavy atom. The number of nitrogens with zero attached hydrogens (tertiary/aromatic N) is 1. The van der Waals surface area contributed by atoms with Crippen molar-refractivity contribution in [1.82, 2.24) is 10.2 Å². The highest BCUT2D eigenvalue weighted by Gasteiger charge is 2.29. The number of nitrogens with one attached hydrogen (secondary N) is 1. The molecule has 1 saturated heterocycles. The Labute approximate surface area is 92.2 Å². The Kier molecular flexibility index (Phi) is 3.62. The fourth-order valence-corrected chi connectivity index (χ4v) is 2.83. The first-order chi connectivity index (χ1) is 7.29. The van der Waals surface area contributed by atoms with E-state index >= 15 is 0 Å². The van der Waals surface area contributed by atoms with Crippen molar-refractivity contribution in [3.8, 4) is 0 Å². The molecule has 0 aromatic heterocycles. The van der Waals surface area contributed by atoms with Crippen LogP contribution in [-0.4, -0.2) is 37.0 Å². The minimum atomic E-state index is 0.338. The van der Waals surface area contributed by atoms with Crippen LogP contribution in [0.3, 0.4) is 0 Å². The van der Waals surface area contributed by atoms with E-state index in [4.69, 9.17) is 0 Å². The summed E-state index contributed by atoms with van der Waals surface area (Å²) in [7, 11) is 2.00. The highest BCUT2D eigenvalue weighted by Crippen LogP contribution is 2.27. The van der Waals surface area contributed by atoms with Gasteiger partial charge in [-0.3, -0.25) is 4.79 Å². The molecule has 1 N–H and O–H groups in total. The van der Waals surface area contributed by atoms with E-state index in [1.165, 1.54) is 12.8 Å². The number of rotatable bonds is 2. The fraction of sp³-hybridized carbons (Fsp3) is 0.917. The van der Waals surface area contributed by atoms with E-state index in [2.05, 4.69) is 5.32 Å². The summed E-state index contributed by atoms with van der Waals surface area (Å²) in [4.78, 5) is 14.2. The third kappa shape index (κ3) is 2.51. The zero-order valence-electron chi connectivity index (χ0n) is 9.67. The van der Waals surface area contributed by atoms with Crippen LogP contribution >= 0.6 is 0 Å². The first kappa shape index (κ1) is 10.9. The summed E-state index contributed by atoms with van der Waals surface area (Å²) in [5, 5.41) is 3.34. The summed E-state index contributed by atoms with van der Waals surface area (Å²) in [6, 6.07) is 0.486. The quantitative estimate of drug-likeness (QED) is 0.747. The van der Waals surface area contributed by atoms with Gasteiger partial charge in [0, 0.05) is 19.0 Å². The topological polar surface area (TPSA) is 32.3 Å². The summed E-state index contributed by atoms with van der Waals surface area (Å²) in [5.74, 6) is 0.740. The predicted molar refractivity (Wildman–Crippen MR) is 60.6 cm³/mol. The first-order valence-corrected chi connectivity index (χ1v) is 6.26. The predicted octanol–water partition coefficient (Wildman–Crippen LogP) is 1.39. The highest BCUT2D eigenvalue weighted by atomic mass is 16.2. The average molecular weight is 210 g/mol. The summed E-state index contributed by atoms with van der Waals surface area (Å²) in [6.45, 7) is 2.12. The van der Waals surface area contributed by atoms with Gasteiger partial charge in [-0.05, 0) is 38.8 Å². The van der Waals surface area contributed by atoms with Crippen molar-refractivity contribution in [3.05, 3.63) is 0 Å². The molecule has 15 heavy (non-hydrogen) atoms. The molecule has 0 radical (unpaired) electrons. The molecule has 1 heterocycles. The third-order valence-electron chi connectivity index (χ3n) is 3.91. The number of carbonyl (C=O) groups excluding carboxylic acids is 1. The van der Waals surface area contributed by atoms with E-state index in [-0.39, 0.29) is 0 Å². The lowest BCUT2D eigenvalue weighted by Crippen LogP contribution is -2.45. The molecule has 0 bridgehead atoms. The lowest BCUT2D eigenvalue weighted by molar-refractivity contribution is -0.136. The number of hydrogen-bond donors (Lipinski definition) is 1. The second-order valence-electron chi connectivity index (χ2n) is 4.91. The van der Waals surface area contributed by atoms with Crippen molar-refractivity contribution in [2.45, 2.75) is 44.6 Å². The molecule has 86 valence electrons. The normalized spacial score (nSPS) is 24.3. The van der Waals surface area contributed by atoms with Gasteiger partial charge in [0.25, 0.3) is 0 Å². The Morgan fingerprint density at radius 2 is 1.73 bits per heavy atom. The van der Waals surface area contributed by atoms with Crippen LogP contribution in [0, 0.1) is 5.92 Å². The number of amides is 1. The molecule has 0 aromatic carbocycles. The first-order valence-electron chi connectivity index (χ1n) is 6.26. The van der Waals surface area contributed by atoms with E-state index in [9.17, 15) is 4.79 Å². The van der Waals surface area contributed by atoms with Gasteiger partial charge in [-0.2, -0.15) is 0 Å². The van der Waals surface area contributed by atoms with Crippen molar-refractivity contribution >= 4 is 5.91 Å². The number of carbonyl (C=O) groups is 1. The van der Waals surface area contributed by atoms with Crippen molar-refractivity contribution < 1.29 is 4.79 Å². The van der Waals surface area contributed by atoms with E-state index in [1.54, 1.807) is 0 Å². The van der Waals surface area contributed by atoms with Gasteiger partial charge < -0.3 is 10.2 Å². The van der Waals surface area contributed by atoms with Gasteiger partial charge in [0.15, 0.2) is 0 Å². The number of piperidine rings is 1. The molecule has 3 nitrogen and oxygen atoms in total. The minimum Gasteiger partial charge on any atom is -0.342 e.